The zero-order chi connectivity index (χ0) is 16.6. The number of pyridine rings is 1. The van der Waals surface area contributed by atoms with E-state index < -0.39 is 0 Å². The molecule has 0 amide bonds. The van der Waals surface area contributed by atoms with Gasteiger partial charge >= 0.3 is 0 Å². The van der Waals surface area contributed by atoms with Gasteiger partial charge in [0.05, 0.1) is 25.5 Å². The summed E-state index contributed by atoms with van der Waals surface area (Å²) in [6.07, 6.45) is 1.76. The number of halogens is 1. The lowest BCUT2D eigenvalue weighted by molar-refractivity contribution is 0.0674. The van der Waals surface area contributed by atoms with Crippen LogP contribution in [0.25, 0.3) is 0 Å². The topological polar surface area (TPSA) is 73.0 Å². The van der Waals surface area contributed by atoms with Gasteiger partial charge in [-0.3, -0.25) is 4.98 Å². The molecule has 1 aromatic heterocycles. The minimum absolute atomic E-state index is 0. The summed E-state index contributed by atoms with van der Waals surface area (Å²) in [5.74, 6) is 1.37. The van der Waals surface area contributed by atoms with E-state index in [-0.39, 0.29) is 24.0 Å². The molecule has 7 heteroatoms. The fraction of sp³-hybridized carbons (Fsp3) is 0.333. The first-order chi connectivity index (χ1) is 11.8. The maximum absolute atomic E-state index is 6.05. The van der Waals surface area contributed by atoms with E-state index in [0.717, 1.165) is 30.1 Å². The predicted octanol–water partition coefficient (Wildman–Crippen LogP) is 2.43. The van der Waals surface area contributed by atoms with E-state index in [9.17, 15) is 0 Å². The number of hydrogen-bond acceptors (Lipinski definition) is 4. The van der Waals surface area contributed by atoms with Crippen molar-refractivity contribution in [3.05, 3.63) is 59.9 Å². The first-order valence-corrected chi connectivity index (χ1v) is 8.05. The average molecular weight is 454 g/mol. The van der Waals surface area contributed by atoms with E-state index >= 15 is 0 Å². The molecule has 0 spiro atoms. The van der Waals surface area contributed by atoms with Gasteiger partial charge in [0.1, 0.15) is 12.4 Å². The van der Waals surface area contributed by atoms with Crippen molar-refractivity contribution in [1.82, 2.24) is 9.88 Å². The summed E-state index contributed by atoms with van der Waals surface area (Å²) in [5, 5.41) is 0. The summed E-state index contributed by atoms with van der Waals surface area (Å²) >= 11 is 0. The Morgan fingerprint density at radius 3 is 2.80 bits per heavy atom. The van der Waals surface area contributed by atoms with E-state index in [1.807, 2.05) is 47.4 Å². The number of nitrogens with zero attached hydrogens (tertiary/aromatic N) is 3. The molecule has 1 saturated heterocycles. The predicted molar refractivity (Wildman–Crippen MR) is 108 cm³/mol. The van der Waals surface area contributed by atoms with Gasteiger partial charge in [0.2, 0.25) is 0 Å². The van der Waals surface area contributed by atoms with E-state index in [1.165, 1.54) is 0 Å². The normalized spacial score (nSPS) is 14.7. The lowest BCUT2D eigenvalue weighted by atomic mass is 10.2. The Balaban J connectivity index is 0.00000225. The molecular formula is C18H23IN4O2. The molecule has 0 unspecified atom stereocenters. The first-order valence-electron chi connectivity index (χ1n) is 8.05. The van der Waals surface area contributed by atoms with Gasteiger partial charge in [0.25, 0.3) is 0 Å². The first kappa shape index (κ1) is 19.5. The molecule has 0 radical (unpaired) electrons. The maximum atomic E-state index is 6.05. The third-order valence-corrected chi connectivity index (χ3v) is 3.77. The van der Waals surface area contributed by atoms with Gasteiger partial charge in [-0.2, -0.15) is 0 Å². The number of aliphatic imine (C=N–C) groups is 1. The van der Waals surface area contributed by atoms with Gasteiger partial charge in [-0.25, -0.2) is 4.99 Å². The summed E-state index contributed by atoms with van der Waals surface area (Å²) in [7, 11) is 0. The lowest BCUT2D eigenvalue weighted by Gasteiger charge is -2.27. The molecule has 0 bridgehead atoms. The van der Waals surface area contributed by atoms with Gasteiger partial charge in [-0.05, 0) is 29.8 Å². The Morgan fingerprint density at radius 1 is 1.20 bits per heavy atom. The van der Waals surface area contributed by atoms with Crippen LogP contribution in [0.3, 0.4) is 0 Å². The molecule has 2 heterocycles. The maximum Gasteiger partial charge on any atom is 0.191 e. The van der Waals surface area contributed by atoms with Gasteiger partial charge < -0.3 is 20.1 Å². The van der Waals surface area contributed by atoms with Gasteiger partial charge in [-0.1, -0.05) is 18.2 Å². The summed E-state index contributed by atoms with van der Waals surface area (Å²) < 4.78 is 11.1. The van der Waals surface area contributed by atoms with Crippen LogP contribution in [0.1, 0.15) is 11.3 Å². The Hall–Kier alpha value is -1.87. The van der Waals surface area contributed by atoms with Crippen LogP contribution in [0.5, 0.6) is 5.75 Å². The number of nitrogens with two attached hydrogens (primary N) is 1. The van der Waals surface area contributed by atoms with E-state index in [0.29, 0.717) is 32.3 Å². The second kappa shape index (κ2) is 10.2. The fourth-order valence-corrected chi connectivity index (χ4v) is 2.44. The van der Waals surface area contributed by atoms with Crippen LogP contribution >= 0.6 is 24.0 Å². The number of aromatic nitrogens is 1. The van der Waals surface area contributed by atoms with E-state index in [2.05, 4.69) is 9.98 Å². The van der Waals surface area contributed by atoms with E-state index in [4.69, 9.17) is 15.2 Å². The van der Waals surface area contributed by atoms with Crippen LogP contribution in [-0.2, 0) is 17.9 Å². The number of benzene rings is 1. The Labute approximate surface area is 165 Å². The Bertz CT molecular complexity index is 676. The standard InChI is InChI=1S/C18H22N4O2.HI/c19-18(22-8-10-23-11-9-22)21-13-15-4-3-6-17(12-15)24-14-16-5-1-2-7-20-16;/h1-7,12H,8-11,13-14H2,(H2,19,21);1H. The molecule has 25 heavy (non-hydrogen) atoms. The largest absolute Gasteiger partial charge is 0.487 e. The van der Waals surface area contributed by atoms with Crippen LogP contribution < -0.4 is 10.5 Å². The Kier molecular flexibility index (Phi) is 7.93. The number of ether oxygens (including phenoxy) is 2. The fourth-order valence-electron chi connectivity index (χ4n) is 2.44. The molecule has 2 N–H and O–H groups in total. The van der Waals surface area contributed by atoms with E-state index in [1.54, 1.807) is 6.20 Å². The van der Waals surface area contributed by atoms with Crippen LogP contribution in [0.4, 0.5) is 0 Å². The summed E-state index contributed by atoms with van der Waals surface area (Å²) in [6, 6.07) is 13.7. The summed E-state index contributed by atoms with van der Waals surface area (Å²) in [5.41, 5.74) is 8.01. The van der Waals surface area contributed by atoms with Crippen molar-refractivity contribution in [2.45, 2.75) is 13.2 Å². The van der Waals surface area contributed by atoms with Crippen LogP contribution in [0.2, 0.25) is 0 Å². The van der Waals surface area contributed by atoms with Gasteiger partial charge in [0, 0.05) is 19.3 Å². The minimum atomic E-state index is 0. The third-order valence-electron chi connectivity index (χ3n) is 3.77. The zero-order valence-electron chi connectivity index (χ0n) is 14.0. The number of rotatable bonds is 5. The summed E-state index contributed by atoms with van der Waals surface area (Å²) in [6.45, 7) is 3.97. The Morgan fingerprint density at radius 2 is 2.04 bits per heavy atom. The second-order valence-corrected chi connectivity index (χ2v) is 5.53. The summed E-state index contributed by atoms with van der Waals surface area (Å²) in [4.78, 5) is 10.8. The highest BCUT2D eigenvalue weighted by atomic mass is 127. The highest BCUT2D eigenvalue weighted by Gasteiger charge is 2.11. The van der Waals surface area contributed by atoms with Gasteiger partial charge in [-0.15, -0.1) is 24.0 Å². The third kappa shape index (κ3) is 6.17. The highest BCUT2D eigenvalue weighted by Crippen LogP contribution is 2.15. The molecule has 3 rings (SSSR count). The molecule has 134 valence electrons. The molecular weight excluding hydrogens is 431 g/mol. The average Bonchev–Trinajstić information content (AvgIpc) is 2.66. The molecule has 0 atom stereocenters. The molecule has 6 nitrogen and oxygen atoms in total. The van der Waals surface area contributed by atoms with Crippen LogP contribution in [-0.4, -0.2) is 42.1 Å². The molecule has 1 aromatic carbocycles. The SMILES string of the molecule is I.NC(=NCc1cccc(OCc2ccccn2)c1)N1CCOCC1. The molecule has 1 fully saturated rings. The van der Waals surface area contributed by atoms with Crippen molar-refractivity contribution in [3.8, 4) is 5.75 Å². The van der Waals surface area contributed by atoms with Crippen LogP contribution in [0.15, 0.2) is 53.7 Å². The monoisotopic (exact) mass is 454 g/mol. The minimum Gasteiger partial charge on any atom is -0.487 e. The number of hydrogen-bond donors (Lipinski definition) is 1. The highest BCUT2D eigenvalue weighted by molar-refractivity contribution is 14.0. The molecule has 2 aromatic rings. The number of guanidine groups is 1. The van der Waals surface area contributed by atoms with Crippen molar-refractivity contribution in [2.75, 3.05) is 26.3 Å². The van der Waals surface area contributed by atoms with Crippen molar-refractivity contribution in [3.63, 3.8) is 0 Å². The quantitative estimate of drug-likeness (QED) is 0.427. The molecule has 1 aliphatic heterocycles. The molecule has 0 aliphatic carbocycles. The zero-order valence-corrected chi connectivity index (χ0v) is 16.3. The van der Waals surface area contributed by atoms with Gasteiger partial charge in [0.15, 0.2) is 5.96 Å². The molecule has 0 saturated carbocycles. The van der Waals surface area contributed by atoms with Crippen molar-refractivity contribution >= 4 is 29.9 Å². The molecule has 1 aliphatic rings. The second-order valence-electron chi connectivity index (χ2n) is 5.53. The number of morpholine rings is 1. The van der Waals surface area contributed by atoms with Crippen molar-refractivity contribution in [2.24, 2.45) is 10.7 Å². The van der Waals surface area contributed by atoms with Crippen molar-refractivity contribution < 1.29 is 9.47 Å². The van der Waals surface area contributed by atoms with Crippen LogP contribution in [0, 0.1) is 0 Å². The van der Waals surface area contributed by atoms with Crippen molar-refractivity contribution in [1.29, 1.82) is 0 Å². The lowest BCUT2D eigenvalue weighted by Crippen LogP contribution is -2.44. The smallest absolute Gasteiger partial charge is 0.191 e.